The summed E-state index contributed by atoms with van der Waals surface area (Å²) in [5.41, 5.74) is 14.7. The molecule has 0 N–H and O–H groups in total. The summed E-state index contributed by atoms with van der Waals surface area (Å²) in [7, 11) is 0. The Hall–Kier alpha value is -7.89. The molecule has 5 heteroatoms. The Morgan fingerprint density at radius 3 is 1.51 bits per heavy atom. The molecule has 0 saturated carbocycles. The Labute approximate surface area is 355 Å². The molecule has 0 bridgehead atoms. The van der Waals surface area contributed by atoms with E-state index in [-0.39, 0.29) is 5.41 Å². The van der Waals surface area contributed by atoms with E-state index in [1.165, 1.54) is 27.6 Å². The van der Waals surface area contributed by atoms with Gasteiger partial charge in [-0.15, -0.1) is 0 Å². The smallest absolute Gasteiger partial charge is 0.164 e. The molecule has 10 aromatic rings. The minimum Gasteiger partial charge on any atom is -0.228 e. The van der Waals surface area contributed by atoms with E-state index in [9.17, 15) is 0 Å². The standard InChI is InChI=1S/C56H39N5/c1-56(2)48-29-12-11-27-45(48)46-31-30-43(34-49(46)56)55-60-53(38-19-7-4-8-20-38)59-54(61-55)42-25-14-23-40(33-42)39-22-13-24-41(32-39)50-35-51(58-52(57-50)37-17-5-3-6-18-37)47-28-15-21-36-16-9-10-26-44(36)47/h3-35H,1-2H3. The van der Waals surface area contributed by atoms with Crippen LogP contribution in [0.25, 0.3) is 101 Å². The van der Waals surface area contributed by atoms with Crippen molar-refractivity contribution in [2.75, 3.05) is 0 Å². The molecule has 0 fully saturated rings. The molecule has 1 aliphatic rings. The highest BCUT2D eigenvalue weighted by atomic mass is 15.0. The van der Waals surface area contributed by atoms with Crippen LogP contribution in [0.5, 0.6) is 0 Å². The van der Waals surface area contributed by atoms with Crippen molar-refractivity contribution in [3.05, 3.63) is 211 Å². The zero-order valence-corrected chi connectivity index (χ0v) is 33.8. The highest BCUT2D eigenvalue weighted by molar-refractivity contribution is 5.96. The van der Waals surface area contributed by atoms with Crippen LogP contribution in [0.1, 0.15) is 25.0 Å². The van der Waals surface area contributed by atoms with Crippen LogP contribution in [0.2, 0.25) is 0 Å². The minimum atomic E-state index is -0.144. The lowest BCUT2D eigenvalue weighted by Crippen LogP contribution is -2.15. The largest absolute Gasteiger partial charge is 0.228 e. The van der Waals surface area contributed by atoms with Crippen LogP contribution in [0.3, 0.4) is 0 Å². The fourth-order valence-corrected chi connectivity index (χ4v) is 8.79. The highest BCUT2D eigenvalue weighted by Gasteiger charge is 2.35. The van der Waals surface area contributed by atoms with Gasteiger partial charge >= 0.3 is 0 Å². The van der Waals surface area contributed by atoms with Gasteiger partial charge in [-0.3, -0.25) is 0 Å². The Morgan fingerprint density at radius 1 is 0.295 bits per heavy atom. The Balaban J connectivity index is 1.00. The topological polar surface area (TPSA) is 64.5 Å². The summed E-state index contributed by atoms with van der Waals surface area (Å²) >= 11 is 0. The first-order valence-electron chi connectivity index (χ1n) is 20.7. The Bertz CT molecular complexity index is 3280. The zero-order valence-electron chi connectivity index (χ0n) is 33.8. The van der Waals surface area contributed by atoms with Crippen LogP contribution in [-0.4, -0.2) is 24.9 Å². The predicted octanol–water partition coefficient (Wildman–Crippen LogP) is 13.8. The Morgan fingerprint density at radius 2 is 0.770 bits per heavy atom. The number of aromatic nitrogens is 5. The molecule has 1 aliphatic carbocycles. The lowest BCUT2D eigenvalue weighted by atomic mass is 9.82. The van der Waals surface area contributed by atoms with E-state index in [1.54, 1.807) is 0 Å². The molecule has 0 amide bonds. The summed E-state index contributed by atoms with van der Waals surface area (Å²) in [6.45, 7) is 4.60. The fraction of sp³-hybridized carbons (Fsp3) is 0.0536. The van der Waals surface area contributed by atoms with Crippen molar-refractivity contribution in [3.8, 4) is 90.3 Å². The maximum Gasteiger partial charge on any atom is 0.164 e. The average molecular weight is 782 g/mol. The molecule has 0 aliphatic heterocycles. The van der Waals surface area contributed by atoms with Crippen molar-refractivity contribution in [2.45, 2.75) is 19.3 Å². The highest BCUT2D eigenvalue weighted by Crippen LogP contribution is 2.49. The molecule has 2 aromatic heterocycles. The van der Waals surface area contributed by atoms with Crippen LogP contribution < -0.4 is 0 Å². The third-order valence-corrected chi connectivity index (χ3v) is 11.9. The summed E-state index contributed by atoms with van der Waals surface area (Å²) in [4.78, 5) is 25.7. The van der Waals surface area contributed by atoms with Gasteiger partial charge in [0.15, 0.2) is 23.3 Å². The van der Waals surface area contributed by atoms with Crippen LogP contribution in [0.15, 0.2) is 200 Å². The van der Waals surface area contributed by atoms with Crippen molar-refractivity contribution in [2.24, 2.45) is 0 Å². The summed E-state index contributed by atoms with van der Waals surface area (Å²) < 4.78 is 0. The van der Waals surface area contributed by atoms with Crippen LogP contribution in [-0.2, 0) is 5.41 Å². The second-order valence-electron chi connectivity index (χ2n) is 16.1. The molecule has 11 rings (SSSR count). The lowest BCUT2D eigenvalue weighted by Gasteiger charge is -2.21. The fourth-order valence-electron chi connectivity index (χ4n) is 8.79. The molecule has 0 radical (unpaired) electrons. The van der Waals surface area contributed by atoms with E-state index in [2.05, 4.69) is 178 Å². The van der Waals surface area contributed by atoms with Gasteiger partial charge in [0.05, 0.1) is 11.4 Å². The third-order valence-electron chi connectivity index (χ3n) is 11.9. The summed E-state index contributed by atoms with van der Waals surface area (Å²) in [5.74, 6) is 2.58. The molecule has 0 unspecified atom stereocenters. The quantitative estimate of drug-likeness (QED) is 0.161. The first kappa shape index (κ1) is 36.2. The van der Waals surface area contributed by atoms with Crippen LogP contribution >= 0.6 is 0 Å². The van der Waals surface area contributed by atoms with Crippen molar-refractivity contribution in [3.63, 3.8) is 0 Å². The number of fused-ring (bicyclic) bond motifs is 4. The maximum absolute atomic E-state index is 5.18. The lowest BCUT2D eigenvalue weighted by molar-refractivity contribution is 0.660. The van der Waals surface area contributed by atoms with E-state index in [0.29, 0.717) is 23.3 Å². The van der Waals surface area contributed by atoms with E-state index in [1.807, 2.05) is 36.4 Å². The van der Waals surface area contributed by atoms with E-state index in [4.69, 9.17) is 24.9 Å². The normalized spacial score (nSPS) is 12.6. The third kappa shape index (κ3) is 6.57. The van der Waals surface area contributed by atoms with Crippen molar-refractivity contribution < 1.29 is 0 Å². The molecule has 0 saturated heterocycles. The van der Waals surface area contributed by atoms with Crippen LogP contribution in [0.4, 0.5) is 0 Å². The predicted molar refractivity (Wildman–Crippen MR) is 249 cm³/mol. The van der Waals surface area contributed by atoms with Gasteiger partial charge in [0, 0.05) is 38.8 Å². The van der Waals surface area contributed by atoms with Crippen molar-refractivity contribution >= 4 is 10.8 Å². The molecule has 0 spiro atoms. The molecular weight excluding hydrogens is 743 g/mol. The molecule has 8 aromatic carbocycles. The second-order valence-corrected chi connectivity index (χ2v) is 16.1. The van der Waals surface area contributed by atoms with E-state index in [0.717, 1.165) is 61.3 Å². The van der Waals surface area contributed by atoms with Gasteiger partial charge in [-0.25, -0.2) is 24.9 Å². The zero-order chi connectivity index (χ0) is 40.9. The van der Waals surface area contributed by atoms with Crippen molar-refractivity contribution in [1.29, 1.82) is 0 Å². The molecule has 0 atom stereocenters. The van der Waals surface area contributed by atoms with Gasteiger partial charge < -0.3 is 0 Å². The number of nitrogens with zero attached hydrogens (tertiary/aromatic N) is 5. The average Bonchev–Trinajstić information content (AvgIpc) is 3.56. The van der Waals surface area contributed by atoms with Crippen LogP contribution in [0, 0.1) is 0 Å². The molecule has 288 valence electrons. The van der Waals surface area contributed by atoms with Gasteiger partial charge in [-0.2, -0.15) is 0 Å². The molecule has 5 nitrogen and oxygen atoms in total. The van der Waals surface area contributed by atoms with Gasteiger partial charge in [-0.05, 0) is 68.4 Å². The Kier molecular flexibility index (Phi) is 8.75. The SMILES string of the molecule is CC1(C)c2ccccc2-c2ccc(-c3nc(-c4ccccc4)nc(-c4cccc(-c5cccc(-c6cc(-c7cccc8ccccc78)nc(-c7ccccc7)n6)c5)c4)n3)cc21. The monoisotopic (exact) mass is 781 g/mol. The summed E-state index contributed by atoms with van der Waals surface area (Å²) in [5, 5.41) is 2.33. The van der Waals surface area contributed by atoms with Gasteiger partial charge in [-0.1, -0.05) is 190 Å². The second kappa shape index (κ2) is 14.7. The minimum absolute atomic E-state index is 0.144. The maximum atomic E-state index is 5.18. The van der Waals surface area contributed by atoms with Gasteiger partial charge in [0.2, 0.25) is 0 Å². The van der Waals surface area contributed by atoms with E-state index < -0.39 is 0 Å². The van der Waals surface area contributed by atoms with Crippen molar-refractivity contribution in [1.82, 2.24) is 24.9 Å². The molecular formula is C56H39N5. The van der Waals surface area contributed by atoms with Gasteiger partial charge in [0.1, 0.15) is 0 Å². The number of benzene rings is 8. The van der Waals surface area contributed by atoms with E-state index >= 15 is 0 Å². The molecule has 2 heterocycles. The summed E-state index contributed by atoms with van der Waals surface area (Å²) in [6.07, 6.45) is 0. The number of hydrogen-bond donors (Lipinski definition) is 0. The first-order chi connectivity index (χ1) is 30.0. The van der Waals surface area contributed by atoms with Gasteiger partial charge in [0.25, 0.3) is 0 Å². The number of rotatable bonds is 7. The summed E-state index contributed by atoms with van der Waals surface area (Å²) in [6, 6.07) is 69.7. The first-order valence-corrected chi connectivity index (χ1v) is 20.7. The number of hydrogen-bond acceptors (Lipinski definition) is 5. The molecule has 61 heavy (non-hydrogen) atoms.